The quantitative estimate of drug-likeness (QED) is 0.466. The molecule has 0 saturated carbocycles. The highest BCUT2D eigenvalue weighted by atomic mass is 35.5. The lowest BCUT2D eigenvalue weighted by molar-refractivity contribution is 0.0746. The van der Waals surface area contributed by atoms with Crippen LogP contribution in [-0.2, 0) is 0 Å². The number of nitrogens with zero attached hydrogens (tertiary/aromatic N) is 5. The number of benzene rings is 2. The first kappa shape index (κ1) is 19.2. The number of carbonyl (C=O) groups is 1. The zero-order valence-corrected chi connectivity index (χ0v) is 18.2. The van der Waals surface area contributed by atoms with Crippen molar-refractivity contribution in [1.29, 1.82) is 0 Å². The van der Waals surface area contributed by atoms with Gasteiger partial charge < -0.3 is 19.3 Å². The third kappa shape index (κ3) is 2.94. The van der Waals surface area contributed by atoms with Crippen molar-refractivity contribution in [3.05, 3.63) is 58.7 Å². The van der Waals surface area contributed by atoms with Crippen LogP contribution in [-0.4, -0.2) is 58.4 Å². The maximum absolute atomic E-state index is 13.0. The molecule has 0 bridgehead atoms. The molecule has 2 aliphatic rings. The second-order valence-corrected chi connectivity index (χ2v) is 8.31. The van der Waals surface area contributed by atoms with Crippen LogP contribution in [0, 0.1) is 6.92 Å². The Labute approximate surface area is 188 Å². The molecule has 2 aromatic heterocycles. The fourth-order valence-electron chi connectivity index (χ4n) is 4.34. The molecule has 1 amide bonds. The Balaban J connectivity index is 1.28. The molecule has 0 aliphatic carbocycles. The van der Waals surface area contributed by atoms with Crippen molar-refractivity contribution in [3.8, 4) is 11.5 Å². The monoisotopic (exact) mass is 449 g/mol. The Kier molecular flexibility index (Phi) is 4.36. The Morgan fingerprint density at radius 3 is 2.66 bits per heavy atom. The molecule has 2 aliphatic heterocycles. The number of hydrogen-bond donors (Lipinski definition) is 0. The minimum absolute atomic E-state index is 0.00863. The molecule has 0 N–H and O–H groups in total. The predicted molar refractivity (Wildman–Crippen MR) is 121 cm³/mol. The van der Waals surface area contributed by atoms with Crippen LogP contribution in [0.1, 0.15) is 16.1 Å². The van der Waals surface area contributed by atoms with Gasteiger partial charge in [0.25, 0.3) is 5.91 Å². The summed E-state index contributed by atoms with van der Waals surface area (Å²) in [6, 6.07) is 13.4. The number of halogens is 1. The molecule has 0 spiro atoms. The highest BCUT2D eigenvalue weighted by molar-refractivity contribution is 6.34. The molecule has 1 fully saturated rings. The number of fused-ring (bicyclic) bond motifs is 4. The maximum atomic E-state index is 13.0. The molecule has 9 heteroatoms. The molecule has 0 unspecified atom stereocenters. The van der Waals surface area contributed by atoms with Gasteiger partial charge in [-0.25, -0.2) is 9.50 Å². The number of carbonyl (C=O) groups excluding carboxylic acids is 1. The second-order valence-electron chi connectivity index (χ2n) is 7.93. The van der Waals surface area contributed by atoms with E-state index < -0.39 is 0 Å². The maximum Gasteiger partial charge on any atom is 0.254 e. The van der Waals surface area contributed by atoms with Gasteiger partial charge in [-0.2, -0.15) is 5.10 Å². The summed E-state index contributed by atoms with van der Waals surface area (Å²) in [7, 11) is 0. The van der Waals surface area contributed by atoms with Crippen molar-refractivity contribution in [2.75, 3.05) is 37.9 Å². The van der Waals surface area contributed by atoms with E-state index in [9.17, 15) is 4.79 Å². The molecular weight excluding hydrogens is 430 g/mol. The van der Waals surface area contributed by atoms with Crippen molar-refractivity contribution < 1.29 is 14.3 Å². The Hall–Kier alpha value is -3.52. The van der Waals surface area contributed by atoms with Crippen LogP contribution in [0.3, 0.4) is 0 Å². The molecule has 0 radical (unpaired) electrons. The van der Waals surface area contributed by atoms with Crippen LogP contribution in [0.2, 0.25) is 5.02 Å². The van der Waals surface area contributed by atoms with Crippen LogP contribution in [0.4, 0.5) is 5.82 Å². The van der Waals surface area contributed by atoms with E-state index >= 15 is 0 Å². The lowest BCUT2D eigenvalue weighted by Gasteiger charge is -2.36. The molecule has 8 nitrogen and oxygen atoms in total. The molecule has 4 heterocycles. The van der Waals surface area contributed by atoms with Crippen LogP contribution >= 0.6 is 11.6 Å². The lowest BCUT2D eigenvalue weighted by atomic mass is 10.1. The van der Waals surface area contributed by atoms with Gasteiger partial charge in [0.2, 0.25) is 6.79 Å². The van der Waals surface area contributed by atoms with Gasteiger partial charge >= 0.3 is 0 Å². The molecule has 2 aromatic carbocycles. The van der Waals surface area contributed by atoms with E-state index in [1.165, 1.54) is 0 Å². The van der Waals surface area contributed by atoms with E-state index in [4.69, 9.17) is 26.1 Å². The smallest absolute Gasteiger partial charge is 0.254 e. The number of aromatic nitrogens is 3. The van der Waals surface area contributed by atoms with E-state index in [1.54, 1.807) is 22.7 Å². The number of anilines is 1. The van der Waals surface area contributed by atoms with Crippen LogP contribution < -0.4 is 14.4 Å². The average molecular weight is 450 g/mol. The number of hydrogen-bond acceptors (Lipinski definition) is 6. The minimum Gasteiger partial charge on any atom is -0.454 e. The van der Waals surface area contributed by atoms with Gasteiger partial charge in [0.1, 0.15) is 10.8 Å². The third-order valence-corrected chi connectivity index (χ3v) is 6.48. The first-order valence-corrected chi connectivity index (χ1v) is 10.9. The van der Waals surface area contributed by atoms with Crippen molar-refractivity contribution in [2.45, 2.75) is 6.92 Å². The van der Waals surface area contributed by atoms with Gasteiger partial charge in [-0.05, 0) is 37.3 Å². The van der Waals surface area contributed by atoms with Crippen LogP contribution in [0.15, 0.2) is 42.5 Å². The van der Waals surface area contributed by atoms with Gasteiger partial charge in [-0.15, -0.1) is 0 Å². The van der Waals surface area contributed by atoms with Crippen molar-refractivity contribution in [3.63, 3.8) is 0 Å². The molecule has 1 saturated heterocycles. The fourth-order valence-corrected chi connectivity index (χ4v) is 4.50. The van der Waals surface area contributed by atoms with Gasteiger partial charge in [0.15, 0.2) is 17.1 Å². The average Bonchev–Trinajstić information content (AvgIpc) is 3.42. The normalized spacial score (nSPS) is 15.7. The number of rotatable bonds is 2. The molecular formula is C23H20ClN5O3. The number of para-hydroxylation sites is 1. The van der Waals surface area contributed by atoms with Crippen LogP contribution in [0.25, 0.3) is 16.6 Å². The van der Waals surface area contributed by atoms with Crippen molar-refractivity contribution >= 4 is 39.9 Å². The number of ether oxygens (including phenoxy) is 2. The SMILES string of the molecule is Cc1nn2c(nc(N3CCN(C(=O)c4ccc5c(c4)OCO5)CC3)c3ccccc32)c1Cl. The predicted octanol–water partition coefficient (Wildman–Crippen LogP) is 3.54. The van der Waals surface area contributed by atoms with Crippen molar-refractivity contribution in [1.82, 2.24) is 19.5 Å². The summed E-state index contributed by atoms with van der Waals surface area (Å²) in [5, 5.41) is 6.12. The lowest BCUT2D eigenvalue weighted by Crippen LogP contribution is -2.49. The molecule has 162 valence electrons. The number of amides is 1. The highest BCUT2D eigenvalue weighted by Crippen LogP contribution is 2.33. The summed E-state index contributed by atoms with van der Waals surface area (Å²) in [6.45, 7) is 4.62. The summed E-state index contributed by atoms with van der Waals surface area (Å²) in [6.07, 6.45) is 0. The van der Waals surface area contributed by atoms with Gasteiger partial charge in [-0.3, -0.25) is 4.79 Å². The Morgan fingerprint density at radius 1 is 1.03 bits per heavy atom. The van der Waals surface area contributed by atoms with E-state index in [-0.39, 0.29) is 12.7 Å². The molecule has 0 atom stereocenters. The van der Waals surface area contributed by atoms with E-state index in [1.807, 2.05) is 36.1 Å². The topological polar surface area (TPSA) is 72.2 Å². The van der Waals surface area contributed by atoms with Gasteiger partial charge in [0.05, 0.1) is 11.2 Å². The number of piperazine rings is 1. The highest BCUT2D eigenvalue weighted by Gasteiger charge is 2.26. The zero-order valence-electron chi connectivity index (χ0n) is 17.4. The molecule has 4 aromatic rings. The van der Waals surface area contributed by atoms with E-state index in [0.29, 0.717) is 53.9 Å². The molecule has 32 heavy (non-hydrogen) atoms. The summed E-state index contributed by atoms with van der Waals surface area (Å²) in [5.74, 6) is 2.15. The third-order valence-electron chi connectivity index (χ3n) is 6.04. The summed E-state index contributed by atoms with van der Waals surface area (Å²) in [4.78, 5) is 22.0. The second kappa shape index (κ2) is 7.27. The zero-order chi connectivity index (χ0) is 21.8. The van der Waals surface area contributed by atoms with Crippen LogP contribution in [0.5, 0.6) is 11.5 Å². The van der Waals surface area contributed by atoms with Gasteiger partial charge in [-0.1, -0.05) is 23.7 Å². The minimum atomic E-state index is -0.00863. The van der Waals surface area contributed by atoms with Gasteiger partial charge in [0, 0.05) is 37.1 Å². The fraction of sp³-hybridized carbons (Fsp3) is 0.261. The van der Waals surface area contributed by atoms with E-state index in [2.05, 4.69) is 10.00 Å². The summed E-state index contributed by atoms with van der Waals surface area (Å²) < 4.78 is 12.6. The first-order chi connectivity index (χ1) is 15.6. The number of aryl methyl sites for hydroxylation is 1. The standard InChI is InChI=1S/C23H20ClN5O3/c1-14-20(24)22-25-21(16-4-2-3-5-17(16)29(22)26-14)27-8-10-28(11-9-27)23(30)15-6-7-18-19(12-15)32-13-31-18/h2-7,12H,8-11,13H2,1H3. The largest absolute Gasteiger partial charge is 0.454 e. The first-order valence-electron chi connectivity index (χ1n) is 10.5. The summed E-state index contributed by atoms with van der Waals surface area (Å²) in [5.41, 5.74) is 2.97. The summed E-state index contributed by atoms with van der Waals surface area (Å²) >= 11 is 6.49. The van der Waals surface area contributed by atoms with Crippen molar-refractivity contribution in [2.24, 2.45) is 0 Å². The van der Waals surface area contributed by atoms with E-state index in [0.717, 1.165) is 22.4 Å². The Bertz CT molecular complexity index is 1380. The Morgan fingerprint density at radius 2 is 1.81 bits per heavy atom. The molecule has 6 rings (SSSR count).